The Hall–Kier alpha value is -2.29. The van der Waals surface area contributed by atoms with E-state index >= 15 is 0 Å². The zero-order valence-corrected chi connectivity index (χ0v) is 15.4. The van der Waals surface area contributed by atoms with Gasteiger partial charge in [0.25, 0.3) is 5.78 Å². The van der Waals surface area contributed by atoms with Crippen molar-refractivity contribution in [3.63, 3.8) is 0 Å². The number of rotatable bonds is 4. The summed E-state index contributed by atoms with van der Waals surface area (Å²) >= 11 is 1.51. The average Bonchev–Trinajstić information content (AvgIpc) is 3.25. The maximum atomic E-state index is 4.64. The van der Waals surface area contributed by atoms with Crippen molar-refractivity contribution < 1.29 is 0 Å². The van der Waals surface area contributed by atoms with Crippen LogP contribution in [0.25, 0.3) is 5.78 Å². The third kappa shape index (κ3) is 3.15. The summed E-state index contributed by atoms with van der Waals surface area (Å²) in [6.07, 6.45) is 4.42. The molecule has 9 heteroatoms. The van der Waals surface area contributed by atoms with Crippen LogP contribution in [-0.4, -0.2) is 55.1 Å². The zero-order valence-electron chi connectivity index (χ0n) is 14.6. The van der Waals surface area contributed by atoms with Gasteiger partial charge in [-0.25, -0.2) is 9.97 Å². The summed E-state index contributed by atoms with van der Waals surface area (Å²) < 4.78 is 6.26. The molecule has 8 nitrogen and oxygen atoms in total. The van der Waals surface area contributed by atoms with Crippen LogP contribution in [0.5, 0.6) is 0 Å². The van der Waals surface area contributed by atoms with Gasteiger partial charge in [0.05, 0.1) is 0 Å². The molecule has 0 amide bonds. The molecule has 1 aliphatic rings. The fourth-order valence-corrected chi connectivity index (χ4v) is 3.91. The maximum absolute atomic E-state index is 4.64. The molecule has 1 fully saturated rings. The first kappa shape index (κ1) is 16.2. The standard InChI is InChI=1S/C16H22N8S/c1-3-12-10-14(24-15(19-12)17-11-18-24)22-6-5-7-23(9-8-22)16-20-13(4-2)21-25-16/h10-11H,3-9H2,1-2H3. The van der Waals surface area contributed by atoms with Crippen LogP contribution >= 0.6 is 11.5 Å². The molecule has 0 radical (unpaired) electrons. The van der Waals surface area contributed by atoms with Gasteiger partial charge in [-0.05, 0) is 12.8 Å². The molecule has 0 atom stereocenters. The molecular weight excluding hydrogens is 336 g/mol. The highest BCUT2D eigenvalue weighted by molar-refractivity contribution is 7.09. The van der Waals surface area contributed by atoms with Crippen LogP contribution < -0.4 is 9.80 Å². The Morgan fingerprint density at radius 3 is 2.68 bits per heavy atom. The Balaban J connectivity index is 1.57. The lowest BCUT2D eigenvalue weighted by Crippen LogP contribution is -2.32. The molecule has 0 aliphatic carbocycles. The van der Waals surface area contributed by atoms with Gasteiger partial charge in [0.2, 0.25) is 5.13 Å². The molecule has 0 saturated carbocycles. The van der Waals surface area contributed by atoms with Crippen LogP contribution in [0.4, 0.5) is 10.9 Å². The topological polar surface area (TPSA) is 75.3 Å². The fourth-order valence-electron chi connectivity index (χ4n) is 3.11. The molecule has 3 aromatic heterocycles. The minimum Gasteiger partial charge on any atom is -0.355 e. The maximum Gasteiger partial charge on any atom is 0.254 e. The summed E-state index contributed by atoms with van der Waals surface area (Å²) in [5, 5.41) is 5.39. The van der Waals surface area contributed by atoms with Gasteiger partial charge >= 0.3 is 0 Å². The van der Waals surface area contributed by atoms with Crippen molar-refractivity contribution in [2.75, 3.05) is 36.0 Å². The van der Waals surface area contributed by atoms with Crippen molar-refractivity contribution in [1.82, 2.24) is 28.9 Å². The normalized spacial score (nSPS) is 15.8. The monoisotopic (exact) mass is 358 g/mol. The minimum absolute atomic E-state index is 0.673. The first-order chi connectivity index (χ1) is 12.3. The highest BCUT2D eigenvalue weighted by Crippen LogP contribution is 2.22. The van der Waals surface area contributed by atoms with Gasteiger partial charge in [0.15, 0.2) is 0 Å². The van der Waals surface area contributed by atoms with Gasteiger partial charge in [-0.15, -0.1) is 0 Å². The Morgan fingerprint density at radius 2 is 1.88 bits per heavy atom. The van der Waals surface area contributed by atoms with E-state index in [9.17, 15) is 0 Å². The number of anilines is 2. The van der Waals surface area contributed by atoms with Crippen LogP contribution in [-0.2, 0) is 12.8 Å². The lowest BCUT2D eigenvalue weighted by atomic mass is 10.3. The number of hydrogen-bond donors (Lipinski definition) is 0. The molecule has 0 bridgehead atoms. The molecule has 3 aromatic rings. The van der Waals surface area contributed by atoms with E-state index in [0.29, 0.717) is 5.78 Å². The van der Waals surface area contributed by atoms with E-state index in [1.54, 1.807) is 6.33 Å². The third-order valence-electron chi connectivity index (χ3n) is 4.51. The second-order valence-corrected chi connectivity index (χ2v) is 6.84. The zero-order chi connectivity index (χ0) is 17.2. The number of fused-ring (bicyclic) bond motifs is 1. The number of aromatic nitrogens is 6. The molecule has 132 valence electrons. The second kappa shape index (κ2) is 6.91. The van der Waals surface area contributed by atoms with Gasteiger partial charge in [-0.3, -0.25) is 0 Å². The van der Waals surface area contributed by atoms with E-state index < -0.39 is 0 Å². The van der Waals surface area contributed by atoms with E-state index in [1.807, 2.05) is 4.52 Å². The van der Waals surface area contributed by atoms with E-state index in [4.69, 9.17) is 0 Å². The molecule has 4 heterocycles. The van der Waals surface area contributed by atoms with Gasteiger partial charge < -0.3 is 9.80 Å². The van der Waals surface area contributed by atoms with Crippen molar-refractivity contribution in [3.05, 3.63) is 23.9 Å². The van der Waals surface area contributed by atoms with Crippen molar-refractivity contribution in [2.45, 2.75) is 33.1 Å². The minimum atomic E-state index is 0.673. The van der Waals surface area contributed by atoms with E-state index in [0.717, 1.165) is 67.9 Å². The Labute approximate surface area is 150 Å². The summed E-state index contributed by atoms with van der Waals surface area (Å²) in [7, 11) is 0. The molecular formula is C16H22N8S. The van der Waals surface area contributed by atoms with E-state index in [1.165, 1.54) is 11.5 Å². The largest absolute Gasteiger partial charge is 0.355 e. The lowest BCUT2D eigenvalue weighted by Gasteiger charge is -2.23. The molecule has 1 saturated heterocycles. The summed E-state index contributed by atoms with van der Waals surface area (Å²) in [4.78, 5) is 18.2. The highest BCUT2D eigenvalue weighted by Gasteiger charge is 2.20. The number of hydrogen-bond acceptors (Lipinski definition) is 8. The van der Waals surface area contributed by atoms with Crippen LogP contribution in [0.1, 0.15) is 31.8 Å². The summed E-state index contributed by atoms with van der Waals surface area (Å²) in [5.74, 6) is 2.69. The third-order valence-corrected chi connectivity index (χ3v) is 5.33. The van der Waals surface area contributed by atoms with Crippen molar-refractivity contribution in [1.29, 1.82) is 0 Å². The summed E-state index contributed by atoms with van der Waals surface area (Å²) in [6.45, 7) is 8.04. The Bertz CT molecular complexity index is 857. The van der Waals surface area contributed by atoms with Crippen LogP contribution in [0.15, 0.2) is 12.4 Å². The van der Waals surface area contributed by atoms with Gasteiger partial charge in [-0.2, -0.15) is 19.0 Å². The van der Waals surface area contributed by atoms with Crippen molar-refractivity contribution in [3.8, 4) is 0 Å². The second-order valence-electron chi connectivity index (χ2n) is 6.11. The summed E-state index contributed by atoms with van der Waals surface area (Å²) in [6, 6.07) is 2.14. The molecule has 0 spiro atoms. The molecule has 0 aromatic carbocycles. The number of nitrogens with zero attached hydrogens (tertiary/aromatic N) is 8. The highest BCUT2D eigenvalue weighted by atomic mass is 32.1. The Morgan fingerprint density at radius 1 is 1.04 bits per heavy atom. The smallest absolute Gasteiger partial charge is 0.254 e. The lowest BCUT2D eigenvalue weighted by molar-refractivity contribution is 0.765. The van der Waals surface area contributed by atoms with E-state index in [-0.39, 0.29) is 0 Å². The first-order valence-electron chi connectivity index (χ1n) is 8.80. The average molecular weight is 358 g/mol. The molecule has 0 unspecified atom stereocenters. The Kier molecular flexibility index (Phi) is 4.48. The molecule has 1 aliphatic heterocycles. The van der Waals surface area contributed by atoms with Crippen LogP contribution in [0, 0.1) is 0 Å². The predicted molar refractivity (Wildman–Crippen MR) is 98.5 cm³/mol. The van der Waals surface area contributed by atoms with Crippen molar-refractivity contribution in [2.24, 2.45) is 0 Å². The van der Waals surface area contributed by atoms with Gasteiger partial charge in [-0.1, -0.05) is 13.8 Å². The number of aryl methyl sites for hydroxylation is 2. The molecule has 0 N–H and O–H groups in total. The van der Waals surface area contributed by atoms with Crippen LogP contribution in [0.2, 0.25) is 0 Å². The fraction of sp³-hybridized carbons (Fsp3) is 0.562. The SMILES string of the molecule is CCc1cc(N2CCCN(c3nc(CC)ns3)CC2)n2ncnc2n1. The first-order valence-corrected chi connectivity index (χ1v) is 9.58. The quantitative estimate of drug-likeness (QED) is 0.704. The van der Waals surface area contributed by atoms with Gasteiger partial charge in [0, 0.05) is 55.9 Å². The van der Waals surface area contributed by atoms with Crippen LogP contribution in [0.3, 0.4) is 0 Å². The predicted octanol–water partition coefficient (Wildman–Crippen LogP) is 1.82. The molecule has 4 rings (SSSR count). The van der Waals surface area contributed by atoms with Gasteiger partial charge in [0.1, 0.15) is 18.0 Å². The van der Waals surface area contributed by atoms with Crippen molar-refractivity contribution >= 4 is 28.3 Å². The van der Waals surface area contributed by atoms with E-state index in [2.05, 4.69) is 54.1 Å². The molecule has 25 heavy (non-hydrogen) atoms. The summed E-state index contributed by atoms with van der Waals surface area (Å²) in [5.41, 5.74) is 1.05.